The lowest BCUT2D eigenvalue weighted by molar-refractivity contribution is -0.119. The van der Waals surface area contributed by atoms with Crippen LogP contribution in [-0.4, -0.2) is 11.6 Å². The molecule has 0 N–H and O–H groups in total. The van der Waals surface area contributed by atoms with E-state index in [0.29, 0.717) is 0 Å². The number of anilines is 1. The van der Waals surface area contributed by atoms with Crippen LogP contribution in [0.1, 0.15) is 11.8 Å². The highest BCUT2D eigenvalue weighted by Crippen LogP contribution is 2.26. The van der Waals surface area contributed by atoms with Crippen molar-refractivity contribution in [3.8, 4) is 0 Å². The summed E-state index contributed by atoms with van der Waals surface area (Å²) < 4.78 is 0. The average molecular weight is 270 g/mol. The topological polar surface area (TPSA) is 32.7 Å². The lowest BCUT2D eigenvalue weighted by Gasteiger charge is -2.13. The Morgan fingerprint density at radius 1 is 1.21 bits per heavy atom. The van der Waals surface area contributed by atoms with E-state index in [-0.39, 0.29) is 11.8 Å². The van der Waals surface area contributed by atoms with Crippen molar-refractivity contribution in [2.45, 2.75) is 13.3 Å². The van der Waals surface area contributed by atoms with Gasteiger partial charge < -0.3 is 0 Å². The molecule has 96 valence electrons. The summed E-state index contributed by atoms with van der Waals surface area (Å²) in [5, 5.41) is 7.97. The molecule has 3 rings (SSSR count). The van der Waals surface area contributed by atoms with Crippen LogP contribution in [-0.2, 0) is 11.2 Å². The number of carbonyl (C=O) groups excluding carboxylic acids is 1. The number of hydrazone groups is 1. The van der Waals surface area contributed by atoms with Crippen LogP contribution in [0.5, 0.6) is 0 Å². The second-order valence-electron chi connectivity index (χ2n) is 4.56. The molecule has 3 nitrogen and oxygen atoms in total. The summed E-state index contributed by atoms with van der Waals surface area (Å²) >= 11 is 1.69. The molecule has 2 aromatic rings. The Morgan fingerprint density at radius 2 is 2.00 bits per heavy atom. The third kappa shape index (κ3) is 2.31. The van der Waals surface area contributed by atoms with Gasteiger partial charge in [0.2, 0.25) is 0 Å². The average Bonchev–Trinajstić information content (AvgIpc) is 3.03. The van der Waals surface area contributed by atoms with Crippen LogP contribution >= 0.6 is 11.3 Å². The van der Waals surface area contributed by atoms with E-state index >= 15 is 0 Å². The van der Waals surface area contributed by atoms with Crippen molar-refractivity contribution < 1.29 is 4.79 Å². The molecule has 0 fully saturated rings. The van der Waals surface area contributed by atoms with Gasteiger partial charge in [-0.3, -0.25) is 4.79 Å². The van der Waals surface area contributed by atoms with Crippen molar-refractivity contribution in [1.29, 1.82) is 0 Å². The maximum absolute atomic E-state index is 12.5. The first kappa shape index (κ1) is 12.1. The quantitative estimate of drug-likeness (QED) is 0.842. The van der Waals surface area contributed by atoms with Crippen molar-refractivity contribution in [3.63, 3.8) is 0 Å². The first-order chi connectivity index (χ1) is 9.25. The molecule has 0 saturated heterocycles. The van der Waals surface area contributed by atoms with E-state index in [2.05, 4.69) is 11.2 Å². The molecule has 0 spiro atoms. The molecule has 1 atom stereocenters. The predicted molar refractivity (Wildman–Crippen MR) is 78.6 cm³/mol. The van der Waals surface area contributed by atoms with Crippen molar-refractivity contribution >= 4 is 28.6 Å². The third-order valence-electron chi connectivity index (χ3n) is 3.26. The van der Waals surface area contributed by atoms with E-state index in [4.69, 9.17) is 0 Å². The highest BCUT2D eigenvalue weighted by molar-refractivity contribution is 7.09. The molecule has 2 heterocycles. The fourth-order valence-corrected chi connectivity index (χ4v) is 2.97. The van der Waals surface area contributed by atoms with E-state index in [0.717, 1.165) is 17.8 Å². The van der Waals surface area contributed by atoms with Crippen LogP contribution in [0.15, 0.2) is 52.9 Å². The van der Waals surface area contributed by atoms with E-state index in [1.165, 1.54) is 9.89 Å². The molecule has 0 radical (unpaired) electrons. The van der Waals surface area contributed by atoms with Gasteiger partial charge in [0.15, 0.2) is 0 Å². The fourth-order valence-electron chi connectivity index (χ4n) is 2.22. The minimum Gasteiger partial charge on any atom is -0.272 e. The standard InChI is InChI=1S/C15H14N2OS/c1-11-14(10-13-8-5-9-19-13)15(18)17(16-11)12-6-3-2-4-7-12/h2-9,14H,10H2,1H3. The number of amides is 1. The molecule has 1 aliphatic rings. The van der Waals surface area contributed by atoms with E-state index in [9.17, 15) is 4.79 Å². The Balaban J connectivity index is 1.83. The normalized spacial score (nSPS) is 18.8. The zero-order valence-electron chi connectivity index (χ0n) is 10.6. The molecule has 0 bridgehead atoms. The molecule has 1 aromatic carbocycles. The molecule has 4 heteroatoms. The largest absolute Gasteiger partial charge is 0.272 e. The number of hydrogen-bond acceptors (Lipinski definition) is 3. The van der Waals surface area contributed by atoms with Crippen LogP contribution in [0.2, 0.25) is 0 Å². The molecular formula is C15H14N2OS. The van der Waals surface area contributed by atoms with E-state index < -0.39 is 0 Å². The number of para-hydroxylation sites is 1. The molecule has 0 aliphatic carbocycles. The van der Waals surface area contributed by atoms with Gasteiger partial charge in [-0.05, 0) is 36.9 Å². The number of hydrogen-bond donors (Lipinski definition) is 0. The second-order valence-corrected chi connectivity index (χ2v) is 5.60. The molecular weight excluding hydrogens is 256 g/mol. The summed E-state index contributed by atoms with van der Waals surface area (Å²) in [6.07, 6.45) is 0.745. The van der Waals surface area contributed by atoms with E-state index in [1.54, 1.807) is 11.3 Å². The van der Waals surface area contributed by atoms with Gasteiger partial charge in [-0.1, -0.05) is 24.3 Å². The molecule has 0 saturated carbocycles. The summed E-state index contributed by atoms with van der Waals surface area (Å²) in [6, 6.07) is 13.7. The number of benzene rings is 1. The maximum Gasteiger partial charge on any atom is 0.256 e. The van der Waals surface area contributed by atoms with Gasteiger partial charge in [0, 0.05) is 10.6 Å². The highest BCUT2D eigenvalue weighted by Gasteiger charge is 2.34. The minimum absolute atomic E-state index is 0.0668. The Kier molecular flexibility index (Phi) is 3.17. The zero-order valence-corrected chi connectivity index (χ0v) is 11.4. The lowest BCUT2D eigenvalue weighted by Crippen LogP contribution is -2.28. The SMILES string of the molecule is CC1=NN(c2ccccc2)C(=O)C1Cc1cccs1. The molecule has 1 aromatic heterocycles. The summed E-state index contributed by atoms with van der Waals surface area (Å²) in [4.78, 5) is 13.7. The molecule has 1 aliphatic heterocycles. The molecule has 1 unspecified atom stereocenters. The van der Waals surface area contributed by atoms with Gasteiger partial charge in [-0.2, -0.15) is 5.10 Å². The van der Waals surface area contributed by atoms with Crippen molar-refractivity contribution in [1.82, 2.24) is 0 Å². The monoisotopic (exact) mass is 270 g/mol. The van der Waals surface area contributed by atoms with Crippen molar-refractivity contribution in [2.75, 3.05) is 5.01 Å². The number of thiophene rings is 1. The Labute approximate surface area is 116 Å². The van der Waals surface area contributed by atoms with Crippen molar-refractivity contribution in [3.05, 3.63) is 52.7 Å². The Bertz CT molecular complexity index is 604. The van der Waals surface area contributed by atoms with Crippen molar-refractivity contribution in [2.24, 2.45) is 11.0 Å². The minimum atomic E-state index is -0.126. The van der Waals surface area contributed by atoms with Gasteiger partial charge in [-0.15, -0.1) is 11.3 Å². The second kappa shape index (κ2) is 4.97. The zero-order chi connectivity index (χ0) is 13.2. The lowest BCUT2D eigenvalue weighted by atomic mass is 9.99. The Morgan fingerprint density at radius 3 is 2.68 bits per heavy atom. The Hall–Kier alpha value is -1.94. The number of rotatable bonds is 3. The summed E-state index contributed by atoms with van der Waals surface area (Å²) in [5.74, 6) is -0.0593. The summed E-state index contributed by atoms with van der Waals surface area (Å²) in [6.45, 7) is 1.93. The summed E-state index contributed by atoms with van der Waals surface area (Å²) in [5.41, 5.74) is 1.72. The van der Waals surface area contributed by atoms with Crippen LogP contribution in [0, 0.1) is 5.92 Å². The van der Waals surface area contributed by atoms with Crippen LogP contribution in [0.4, 0.5) is 5.69 Å². The van der Waals surface area contributed by atoms with E-state index in [1.807, 2.05) is 48.7 Å². The number of nitrogens with zero attached hydrogens (tertiary/aromatic N) is 2. The van der Waals surface area contributed by atoms with Gasteiger partial charge in [-0.25, -0.2) is 5.01 Å². The maximum atomic E-state index is 12.5. The predicted octanol–water partition coefficient (Wildman–Crippen LogP) is 3.33. The van der Waals surface area contributed by atoms with Gasteiger partial charge in [0.1, 0.15) is 0 Å². The first-order valence-electron chi connectivity index (χ1n) is 6.22. The summed E-state index contributed by atoms with van der Waals surface area (Å²) in [7, 11) is 0. The highest BCUT2D eigenvalue weighted by atomic mass is 32.1. The molecule has 19 heavy (non-hydrogen) atoms. The number of carbonyl (C=O) groups is 1. The van der Waals surface area contributed by atoms with Crippen LogP contribution in [0.3, 0.4) is 0 Å². The smallest absolute Gasteiger partial charge is 0.256 e. The van der Waals surface area contributed by atoms with Crippen LogP contribution in [0.25, 0.3) is 0 Å². The third-order valence-corrected chi connectivity index (χ3v) is 4.15. The first-order valence-corrected chi connectivity index (χ1v) is 7.10. The van der Waals surface area contributed by atoms with Gasteiger partial charge in [0.25, 0.3) is 5.91 Å². The molecule has 1 amide bonds. The van der Waals surface area contributed by atoms with Gasteiger partial charge in [0.05, 0.1) is 11.6 Å². The van der Waals surface area contributed by atoms with Gasteiger partial charge >= 0.3 is 0 Å². The fraction of sp³-hybridized carbons (Fsp3) is 0.200. The van der Waals surface area contributed by atoms with Crippen LogP contribution < -0.4 is 5.01 Å².